The summed E-state index contributed by atoms with van der Waals surface area (Å²) in [7, 11) is 0. The maximum Gasteiger partial charge on any atom is 0.276 e. The van der Waals surface area contributed by atoms with Gasteiger partial charge in [-0.05, 0) is 12.1 Å². The number of rotatable bonds is 1. The Labute approximate surface area is 119 Å². The van der Waals surface area contributed by atoms with Gasteiger partial charge < -0.3 is 10.5 Å². The van der Waals surface area contributed by atoms with E-state index in [4.69, 9.17) is 0 Å². The van der Waals surface area contributed by atoms with Crippen molar-refractivity contribution in [3.05, 3.63) is 64.7 Å². The molecule has 21 heavy (non-hydrogen) atoms. The number of para-hydroxylation sites is 2. The van der Waals surface area contributed by atoms with Crippen LogP contribution < -0.4 is 15.9 Å². The van der Waals surface area contributed by atoms with Crippen molar-refractivity contribution in [2.45, 2.75) is 6.04 Å². The second-order valence-electron chi connectivity index (χ2n) is 4.96. The van der Waals surface area contributed by atoms with Crippen molar-refractivity contribution < 1.29 is 10.0 Å². The summed E-state index contributed by atoms with van der Waals surface area (Å²) in [4.78, 5) is 16.3. The third-order valence-electron chi connectivity index (χ3n) is 3.82. The zero-order valence-corrected chi connectivity index (χ0v) is 10.9. The highest BCUT2D eigenvalue weighted by molar-refractivity contribution is 6.29. The highest BCUT2D eigenvalue weighted by Crippen LogP contribution is 2.30. The molecule has 1 unspecified atom stereocenters. The van der Waals surface area contributed by atoms with Gasteiger partial charge in [-0.25, -0.2) is 4.99 Å². The molecular weight excluding hydrogens is 266 g/mol. The molecule has 102 valence electrons. The van der Waals surface area contributed by atoms with Gasteiger partial charge in [-0.15, -0.1) is 0 Å². The fraction of sp³-hybridized carbons (Fsp3) is 0.0625. The first kappa shape index (κ1) is 11.8. The van der Waals surface area contributed by atoms with Crippen LogP contribution in [0.15, 0.2) is 58.7 Å². The minimum Gasteiger partial charge on any atom is -0.411 e. The number of hydrogen-bond acceptors (Lipinski definition) is 4. The molecule has 1 atom stereocenters. The van der Waals surface area contributed by atoms with Crippen LogP contribution >= 0.6 is 0 Å². The van der Waals surface area contributed by atoms with Gasteiger partial charge in [0.25, 0.3) is 5.91 Å². The summed E-state index contributed by atoms with van der Waals surface area (Å²) in [6, 6.07) is 14.4. The van der Waals surface area contributed by atoms with Crippen LogP contribution in [-0.4, -0.2) is 22.9 Å². The number of fused-ring (bicyclic) bond motifs is 2. The van der Waals surface area contributed by atoms with Gasteiger partial charge >= 0.3 is 0 Å². The SMILES string of the molecule is O=C1N=c2ccccc2=C1C1Nc2ccccc2/C1=N\O. The maximum absolute atomic E-state index is 12.3. The van der Waals surface area contributed by atoms with Crippen molar-refractivity contribution in [3.63, 3.8) is 0 Å². The molecule has 1 amide bonds. The number of anilines is 1. The molecular formula is C16H11N3O2. The Kier molecular flexibility index (Phi) is 2.41. The third-order valence-corrected chi connectivity index (χ3v) is 3.82. The van der Waals surface area contributed by atoms with Crippen molar-refractivity contribution in [1.29, 1.82) is 0 Å². The lowest BCUT2D eigenvalue weighted by Crippen LogP contribution is -2.33. The van der Waals surface area contributed by atoms with E-state index in [1.807, 2.05) is 42.5 Å². The maximum atomic E-state index is 12.3. The molecule has 2 aliphatic rings. The Morgan fingerprint density at radius 3 is 2.71 bits per heavy atom. The lowest BCUT2D eigenvalue weighted by Gasteiger charge is -2.11. The molecule has 0 fully saturated rings. The number of oxime groups is 1. The first-order valence-corrected chi connectivity index (χ1v) is 6.60. The lowest BCUT2D eigenvalue weighted by molar-refractivity contribution is -0.112. The number of benzene rings is 2. The predicted molar refractivity (Wildman–Crippen MR) is 77.8 cm³/mol. The highest BCUT2D eigenvalue weighted by Gasteiger charge is 2.36. The Bertz CT molecular complexity index is 915. The Morgan fingerprint density at radius 2 is 1.86 bits per heavy atom. The summed E-state index contributed by atoms with van der Waals surface area (Å²) in [5.74, 6) is -0.289. The first-order chi connectivity index (χ1) is 10.3. The van der Waals surface area contributed by atoms with Crippen LogP contribution in [0, 0.1) is 0 Å². The molecule has 0 saturated heterocycles. The third kappa shape index (κ3) is 1.61. The minimum absolute atomic E-state index is 0.289. The molecule has 5 heteroatoms. The number of hydrogen-bond donors (Lipinski definition) is 2. The second-order valence-corrected chi connectivity index (χ2v) is 4.96. The van der Waals surface area contributed by atoms with E-state index in [0.29, 0.717) is 16.6 Å². The monoisotopic (exact) mass is 277 g/mol. The Hall–Kier alpha value is -2.95. The average molecular weight is 277 g/mol. The van der Waals surface area contributed by atoms with Gasteiger partial charge in [0, 0.05) is 16.5 Å². The predicted octanol–water partition coefficient (Wildman–Crippen LogP) is 0.670. The number of nitrogens with zero attached hydrogens (tertiary/aromatic N) is 2. The van der Waals surface area contributed by atoms with E-state index in [2.05, 4.69) is 15.5 Å². The molecule has 5 nitrogen and oxygen atoms in total. The number of amides is 1. The summed E-state index contributed by atoms with van der Waals surface area (Å²) in [6.45, 7) is 0. The number of nitrogens with one attached hydrogen (secondary N) is 1. The van der Waals surface area contributed by atoms with Gasteiger partial charge in [0.15, 0.2) is 0 Å². The van der Waals surface area contributed by atoms with Crippen LogP contribution in [0.1, 0.15) is 5.56 Å². The molecule has 0 radical (unpaired) electrons. The number of carbonyl (C=O) groups is 1. The van der Waals surface area contributed by atoms with Gasteiger partial charge in [0.05, 0.1) is 10.9 Å². The molecule has 0 spiro atoms. The van der Waals surface area contributed by atoms with Crippen LogP contribution in [0.5, 0.6) is 0 Å². The van der Waals surface area contributed by atoms with Crippen molar-refractivity contribution >= 4 is 22.9 Å². The van der Waals surface area contributed by atoms with E-state index in [0.717, 1.165) is 16.5 Å². The summed E-state index contributed by atoms with van der Waals surface area (Å²) in [5, 5.41) is 17.5. The lowest BCUT2D eigenvalue weighted by atomic mass is 9.99. The zero-order valence-electron chi connectivity index (χ0n) is 10.9. The van der Waals surface area contributed by atoms with Crippen LogP contribution in [0.25, 0.3) is 5.57 Å². The van der Waals surface area contributed by atoms with Crippen molar-refractivity contribution in [3.8, 4) is 0 Å². The molecule has 0 aromatic heterocycles. The summed E-state index contributed by atoms with van der Waals surface area (Å²) >= 11 is 0. The molecule has 0 aliphatic carbocycles. The van der Waals surface area contributed by atoms with Crippen LogP contribution in [0.4, 0.5) is 5.69 Å². The molecule has 2 aromatic carbocycles. The Balaban J connectivity index is 1.95. The summed E-state index contributed by atoms with van der Waals surface area (Å²) in [6.07, 6.45) is 0. The van der Waals surface area contributed by atoms with Gasteiger partial charge in [-0.3, -0.25) is 4.79 Å². The largest absolute Gasteiger partial charge is 0.411 e. The van der Waals surface area contributed by atoms with Crippen LogP contribution in [0.3, 0.4) is 0 Å². The minimum atomic E-state index is -0.479. The van der Waals surface area contributed by atoms with Gasteiger partial charge in [0.1, 0.15) is 11.8 Å². The number of carbonyl (C=O) groups excluding carboxylic acids is 1. The fourth-order valence-corrected chi connectivity index (χ4v) is 2.89. The van der Waals surface area contributed by atoms with E-state index in [-0.39, 0.29) is 5.91 Å². The molecule has 0 saturated carbocycles. The van der Waals surface area contributed by atoms with E-state index in [9.17, 15) is 10.0 Å². The van der Waals surface area contributed by atoms with E-state index >= 15 is 0 Å². The van der Waals surface area contributed by atoms with Gasteiger partial charge in [0.2, 0.25) is 0 Å². The first-order valence-electron chi connectivity index (χ1n) is 6.60. The molecule has 2 N–H and O–H groups in total. The molecule has 2 aromatic rings. The summed E-state index contributed by atoms with van der Waals surface area (Å²) in [5.41, 5.74) is 2.62. The standard InChI is InChI=1S/C16H11N3O2/c20-16-13(9-5-1-3-7-11(9)18-16)15-14(19-21)10-6-2-4-8-12(10)17-15/h1-8,15,17,21H/b19-14+. The van der Waals surface area contributed by atoms with Crippen molar-refractivity contribution in [2.24, 2.45) is 10.1 Å². The summed E-state index contributed by atoms with van der Waals surface area (Å²) < 4.78 is 0. The second kappa shape index (κ2) is 4.28. The van der Waals surface area contributed by atoms with Crippen LogP contribution in [-0.2, 0) is 4.79 Å². The average Bonchev–Trinajstić information content (AvgIpc) is 3.02. The molecule has 2 heterocycles. The van der Waals surface area contributed by atoms with Crippen molar-refractivity contribution in [2.75, 3.05) is 5.32 Å². The van der Waals surface area contributed by atoms with Crippen LogP contribution in [0.2, 0.25) is 0 Å². The van der Waals surface area contributed by atoms with E-state index in [1.165, 1.54) is 0 Å². The molecule has 2 aliphatic heterocycles. The topological polar surface area (TPSA) is 74.0 Å². The highest BCUT2D eigenvalue weighted by atomic mass is 16.4. The smallest absolute Gasteiger partial charge is 0.276 e. The van der Waals surface area contributed by atoms with Gasteiger partial charge in [-0.2, -0.15) is 0 Å². The molecule has 0 bridgehead atoms. The van der Waals surface area contributed by atoms with E-state index in [1.54, 1.807) is 6.07 Å². The van der Waals surface area contributed by atoms with Crippen molar-refractivity contribution in [1.82, 2.24) is 0 Å². The Morgan fingerprint density at radius 1 is 1.10 bits per heavy atom. The van der Waals surface area contributed by atoms with E-state index < -0.39 is 6.04 Å². The molecule has 4 rings (SSSR count). The van der Waals surface area contributed by atoms with Gasteiger partial charge in [-0.1, -0.05) is 41.6 Å². The quantitative estimate of drug-likeness (QED) is 0.594. The normalized spacial score (nSPS) is 21.0. The fourth-order valence-electron chi connectivity index (χ4n) is 2.89. The zero-order chi connectivity index (χ0) is 14.4.